The van der Waals surface area contributed by atoms with E-state index in [0.29, 0.717) is 12.1 Å². The summed E-state index contributed by atoms with van der Waals surface area (Å²) in [5, 5.41) is 11.9. The molecule has 2 N–H and O–H groups in total. The number of pyridine rings is 1. The van der Waals surface area contributed by atoms with Crippen molar-refractivity contribution in [3.63, 3.8) is 0 Å². The first-order valence-corrected chi connectivity index (χ1v) is 8.29. The molecule has 2 atom stereocenters. The molecule has 1 aliphatic heterocycles. The lowest BCUT2D eigenvalue weighted by atomic mass is 9.89. The van der Waals surface area contributed by atoms with Crippen molar-refractivity contribution >= 4 is 11.9 Å². The zero-order chi connectivity index (χ0) is 17.6. The number of carbonyl (C=O) groups is 2. The summed E-state index contributed by atoms with van der Waals surface area (Å²) in [5.74, 6) is -1.28. The number of nitrogens with one attached hydrogen (secondary N) is 1. The van der Waals surface area contributed by atoms with E-state index in [0.717, 1.165) is 25.0 Å². The zero-order valence-corrected chi connectivity index (χ0v) is 13.7. The third kappa shape index (κ3) is 4.22. The first-order chi connectivity index (χ1) is 12.1. The number of hydrogen-bond acceptors (Lipinski definition) is 4. The van der Waals surface area contributed by atoms with Crippen LogP contribution in [-0.2, 0) is 4.74 Å². The van der Waals surface area contributed by atoms with Crippen molar-refractivity contribution in [2.75, 3.05) is 13.2 Å². The Balaban J connectivity index is 1.66. The molecule has 2 unspecified atom stereocenters. The van der Waals surface area contributed by atoms with Gasteiger partial charge in [0.25, 0.3) is 5.91 Å². The maximum Gasteiger partial charge on any atom is 0.354 e. The van der Waals surface area contributed by atoms with Crippen LogP contribution in [0.1, 0.15) is 45.4 Å². The highest BCUT2D eigenvalue weighted by molar-refractivity contribution is 5.96. The summed E-state index contributed by atoms with van der Waals surface area (Å²) in [5.41, 5.74) is 1.26. The normalized spacial score (nSPS) is 20.0. The predicted molar refractivity (Wildman–Crippen MR) is 91.4 cm³/mol. The number of nitrogens with zero attached hydrogens (tertiary/aromatic N) is 1. The van der Waals surface area contributed by atoms with Gasteiger partial charge in [-0.1, -0.05) is 30.3 Å². The van der Waals surface area contributed by atoms with Gasteiger partial charge in [-0.2, -0.15) is 0 Å². The Labute approximate surface area is 145 Å². The van der Waals surface area contributed by atoms with Gasteiger partial charge >= 0.3 is 5.97 Å². The molecule has 130 valence electrons. The Morgan fingerprint density at radius 3 is 2.80 bits per heavy atom. The van der Waals surface area contributed by atoms with E-state index in [1.807, 2.05) is 30.3 Å². The lowest BCUT2D eigenvalue weighted by Crippen LogP contribution is -2.35. The van der Waals surface area contributed by atoms with E-state index < -0.39 is 5.97 Å². The number of aromatic carboxylic acids is 1. The van der Waals surface area contributed by atoms with Crippen LogP contribution in [0.5, 0.6) is 0 Å². The molecule has 0 aliphatic carbocycles. The van der Waals surface area contributed by atoms with Gasteiger partial charge in [-0.05, 0) is 30.5 Å². The molecule has 6 heteroatoms. The Bertz CT molecular complexity index is 748. The molecule has 2 aromatic rings. The molecule has 0 spiro atoms. The summed E-state index contributed by atoms with van der Waals surface area (Å²) in [6, 6.07) is 12.8. The van der Waals surface area contributed by atoms with E-state index in [4.69, 9.17) is 9.84 Å². The zero-order valence-electron chi connectivity index (χ0n) is 13.7. The smallest absolute Gasteiger partial charge is 0.354 e. The minimum atomic E-state index is -1.15. The van der Waals surface area contributed by atoms with Gasteiger partial charge in [-0.25, -0.2) is 9.78 Å². The largest absolute Gasteiger partial charge is 0.477 e. The molecular formula is C19H20N2O4. The van der Waals surface area contributed by atoms with E-state index in [9.17, 15) is 9.59 Å². The Morgan fingerprint density at radius 2 is 2.04 bits per heavy atom. The van der Waals surface area contributed by atoms with Gasteiger partial charge in [-0.15, -0.1) is 0 Å². The van der Waals surface area contributed by atoms with Crippen molar-refractivity contribution in [3.05, 3.63) is 65.5 Å². The van der Waals surface area contributed by atoms with E-state index in [2.05, 4.69) is 10.3 Å². The molecule has 2 heterocycles. The number of carbonyl (C=O) groups excluding carboxylic acids is 1. The van der Waals surface area contributed by atoms with Crippen LogP contribution in [0.2, 0.25) is 0 Å². The number of ether oxygens (including phenoxy) is 1. The summed E-state index contributed by atoms with van der Waals surface area (Å²) < 4.78 is 5.93. The van der Waals surface area contributed by atoms with E-state index in [-0.39, 0.29) is 23.6 Å². The molecule has 1 fully saturated rings. The fraction of sp³-hybridized carbons (Fsp3) is 0.316. The van der Waals surface area contributed by atoms with Gasteiger partial charge in [-0.3, -0.25) is 4.79 Å². The number of benzene rings is 1. The molecule has 1 aromatic heterocycles. The van der Waals surface area contributed by atoms with Gasteiger partial charge in [0.2, 0.25) is 0 Å². The second-order valence-electron chi connectivity index (χ2n) is 6.05. The fourth-order valence-corrected chi connectivity index (χ4v) is 3.08. The lowest BCUT2D eigenvalue weighted by molar-refractivity contribution is -0.0272. The van der Waals surface area contributed by atoms with E-state index >= 15 is 0 Å². The highest BCUT2D eigenvalue weighted by atomic mass is 16.5. The van der Waals surface area contributed by atoms with Crippen molar-refractivity contribution in [1.82, 2.24) is 10.3 Å². The van der Waals surface area contributed by atoms with Crippen LogP contribution in [0.25, 0.3) is 0 Å². The number of rotatable bonds is 5. The second-order valence-corrected chi connectivity index (χ2v) is 6.05. The standard InChI is InChI=1S/C19H20N2O4/c22-18(14-8-9-20-16(11-14)19(23)24)21-12-15-7-4-10-25-17(15)13-5-2-1-3-6-13/h1-3,5-6,8-9,11,15,17H,4,7,10,12H2,(H,21,22)(H,23,24). The van der Waals surface area contributed by atoms with Crippen LogP contribution in [0.3, 0.4) is 0 Å². The maximum atomic E-state index is 12.3. The van der Waals surface area contributed by atoms with Crippen molar-refractivity contribution in [2.45, 2.75) is 18.9 Å². The lowest BCUT2D eigenvalue weighted by Gasteiger charge is -2.32. The predicted octanol–water partition coefficient (Wildman–Crippen LogP) is 2.68. The van der Waals surface area contributed by atoms with Crippen molar-refractivity contribution < 1.29 is 19.4 Å². The second kappa shape index (κ2) is 7.90. The molecule has 1 aromatic carbocycles. The number of hydrogen-bond donors (Lipinski definition) is 2. The number of aromatic nitrogens is 1. The minimum Gasteiger partial charge on any atom is -0.477 e. The molecule has 6 nitrogen and oxygen atoms in total. The van der Waals surface area contributed by atoms with Crippen molar-refractivity contribution in [1.29, 1.82) is 0 Å². The molecule has 1 amide bonds. The van der Waals surface area contributed by atoms with E-state index in [1.165, 1.54) is 18.3 Å². The van der Waals surface area contributed by atoms with Gasteiger partial charge in [0.05, 0.1) is 6.10 Å². The molecule has 0 saturated carbocycles. The quantitative estimate of drug-likeness (QED) is 0.873. The molecule has 3 rings (SSSR count). The summed E-state index contributed by atoms with van der Waals surface area (Å²) in [6.07, 6.45) is 3.22. The monoisotopic (exact) mass is 340 g/mol. The number of carboxylic acids is 1. The summed E-state index contributed by atoms with van der Waals surface area (Å²) in [4.78, 5) is 27.0. The Hall–Kier alpha value is -2.73. The van der Waals surface area contributed by atoms with Crippen molar-refractivity contribution in [2.24, 2.45) is 5.92 Å². The van der Waals surface area contributed by atoms with Crippen LogP contribution < -0.4 is 5.32 Å². The summed E-state index contributed by atoms with van der Waals surface area (Å²) >= 11 is 0. The molecule has 1 saturated heterocycles. The Morgan fingerprint density at radius 1 is 1.24 bits per heavy atom. The van der Waals surface area contributed by atoms with Gasteiger partial charge in [0.1, 0.15) is 5.69 Å². The van der Waals surface area contributed by atoms with Crippen molar-refractivity contribution in [3.8, 4) is 0 Å². The van der Waals surface area contributed by atoms with Gasteiger partial charge < -0.3 is 15.2 Å². The SMILES string of the molecule is O=C(NCC1CCCOC1c1ccccc1)c1ccnc(C(=O)O)c1. The summed E-state index contributed by atoms with van der Waals surface area (Å²) in [6.45, 7) is 1.19. The average molecular weight is 340 g/mol. The molecule has 0 radical (unpaired) electrons. The van der Waals surface area contributed by atoms with Crippen LogP contribution in [0, 0.1) is 5.92 Å². The highest BCUT2D eigenvalue weighted by Gasteiger charge is 2.27. The van der Waals surface area contributed by atoms with Crippen LogP contribution in [0.4, 0.5) is 0 Å². The number of carboxylic acid groups (broad SMARTS) is 1. The van der Waals surface area contributed by atoms with Crippen LogP contribution >= 0.6 is 0 Å². The van der Waals surface area contributed by atoms with Gasteiger partial charge in [0.15, 0.2) is 0 Å². The van der Waals surface area contributed by atoms with Gasteiger partial charge in [0, 0.05) is 30.8 Å². The molecule has 1 aliphatic rings. The average Bonchev–Trinajstić information content (AvgIpc) is 2.67. The first kappa shape index (κ1) is 17.1. The van der Waals surface area contributed by atoms with E-state index in [1.54, 1.807) is 0 Å². The third-order valence-corrected chi connectivity index (χ3v) is 4.34. The highest BCUT2D eigenvalue weighted by Crippen LogP contribution is 2.33. The topological polar surface area (TPSA) is 88.5 Å². The third-order valence-electron chi connectivity index (χ3n) is 4.34. The number of amides is 1. The summed E-state index contributed by atoms with van der Waals surface area (Å²) in [7, 11) is 0. The molecule has 25 heavy (non-hydrogen) atoms. The molecular weight excluding hydrogens is 320 g/mol. The van der Waals surface area contributed by atoms with Crippen LogP contribution in [0.15, 0.2) is 48.7 Å². The fourth-order valence-electron chi connectivity index (χ4n) is 3.08. The minimum absolute atomic E-state index is 0.0396. The Kier molecular flexibility index (Phi) is 5.40. The first-order valence-electron chi connectivity index (χ1n) is 8.29. The maximum absolute atomic E-state index is 12.3. The van der Waals surface area contributed by atoms with Crippen LogP contribution in [-0.4, -0.2) is 35.1 Å². The molecule has 0 bridgehead atoms.